The van der Waals surface area contributed by atoms with E-state index in [2.05, 4.69) is 10.1 Å². The normalized spacial score (nSPS) is 11.7. The van der Waals surface area contributed by atoms with Crippen molar-refractivity contribution in [2.75, 3.05) is 6.61 Å². The maximum atomic E-state index is 12.7. The number of H-pyrrole nitrogens is 1. The quantitative estimate of drug-likeness (QED) is 0.722. The lowest BCUT2D eigenvalue weighted by atomic mass is 10.0. The van der Waals surface area contributed by atoms with Gasteiger partial charge in [0.1, 0.15) is 11.3 Å². The molecule has 0 fully saturated rings. The number of aryl methyl sites for hydroxylation is 2. The molecule has 136 valence electrons. The predicted molar refractivity (Wildman–Crippen MR) is 87.5 cm³/mol. The molecule has 0 saturated carbocycles. The van der Waals surface area contributed by atoms with Crippen molar-refractivity contribution in [2.45, 2.75) is 13.1 Å². The zero-order valence-corrected chi connectivity index (χ0v) is 13.8. The smallest absolute Gasteiger partial charge is 0.422 e. The monoisotopic (exact) mass is 365 g/mol. The first-order chi connectivity index (χ1) is 12.2. The Morgan fingerprint density at radius 1 is 1.31 bits per heavy atom. The van der Waals surface area contributed by atoms with E-state index in [1.165, 1.54) is 42.2 Å². The third-order valence-electron chi connectivity index (χ3n) is 3.81. The number of hydrogen-bond acceptors (Lipinski definition) is 4. The molecule has 1 N–H and O–H groups in total. The molecule has 0 spiro atoms. The van der Waals surface area contributed by atoms with Crippen molar-refractivity contribution in [2.24, 2.45) is 7.05 Å². The summed E-state index contributed by atoms with van der Waals surface area (Å²) >= 11 is 0. The van der Waals surface area contributed by atoms with Crippen LogP contribution in [0.15, 0.2) is 35.3 Å². The van der Waals surface area contributed by atoms with Crippen LogP contribution in [0.2, 0.25) is 0 Å². The van der Waals surface area contributed by atoms with E-state index < -0.39 is 24.1 Å². The average molecular weight is 365 g/mol. The molecule has 2 aromatic heterocycles. The minimum Gasteiger partial charge on any atom is -0.483 e. The molecular formula is C17H14F3N3O3. The number of carbonyl (C=O) groups is 1. The van der Waals surface area contributed by atoms with Gasteiger partial charge in [0.2, 0.25) is 0 Å². The molecule has 2 heterocycles. The second-order valence-corrected chi connectivity index (χ2v) is 5.75. The Balaban J connectivity index is 2.05. The van der Waals surface area contributed by atoms with E-state index in [0.717, 1.165) is 0 Å². The Morgan fingerprint density at radius 3 is 2.65 bits per heavy atom. The van der Waals surface area contributed by atoms with Crippen LogP contribution in [0.3, 0.4) is 0 Å². The molecule has 0 bridgehead atoms. The molecule has 0 saturated heterocycles. The van der Waals surface area contributed by atoms with Crippen molar-refractivity contribution in [1.29, 1.82) is 0 Å². The van der Waals surface area contributed by atoms with Gasteiger partial charge in [-0.3, -0.25) is 24.4 Å². The second-order valence-electron chi connectivity index (χ2n) is 5.75. The summed E-state index contributed by atoms with van der Waals surface area (Å²) in [4.78, 5) is 28.8. The van der Waals surface area contributed by atoms with Crippen LogP contribution in [-0.4, -0.2) is 33.3 Å². The fourth-order valence-corrected chi connectivity index (χ4v) is 2.65. The highest BCUT2D eigenvalue weighted by Gasteiger charge is 2.29. The molecule has 3 aromatic rings. The van der Waals surface area contributed by atoms with Gasteiger partial charge in [0.05, 0.1) is 5.52 Å². The number of alkyl halides is 3. The lowest BCUT2D eigenvalue weighted by Crippen LogP contribution is -2.20. The molecule has 26 heavy (non-hydrogen) atoms. The highest BCUT2D eigenvalue weighted by molar-refractivity contribution is 6.11. The first kappa shape index (κ1) is 17.7. The van der Waals surface area contributed by atoms with E-state index >= 15 is 0 Å². The number of nitrogens with zero attached hydrogens (tertiary/aromatic N) is 2. The number of benzene rings is 1. The molecular weight excluding hydrogens is 351 g/mol. The minimum atomic E-state index is -4.49. The largest absolute Gasteiger partial charge is 0.483 e. The van der Waals surface area contributed by atoms with Gasteiger partial charge in [-0.25, -0.2) is 0 Å². The summed E-state index contributed by atoms with van der Waals surface area (Å²) in [5.41, 5.74) is 0.435. The van der Waals surface area contributed by atoms with Crippen LogP contribution >= 0.6 is 0 Å². The van der Waals surface area contributed by atoms with Crippen LogP contribution in [0.1, 0.15) is 21.6 Å². The Labute approximate surface area is 145 Å². The number of fused-ring (bicyclic) bond motifs is 1. The van der Waals surface area contributed by atoms with E-state index in [4.69, 9.17) is 4.74 Å². The molecule has 0 aliphatic rings. The van der Waals surface area contributed by atoms with Crippen molar-refractivity contribution in [3.8, 4) is 5.75 Å². The van der Waals surface area contributed by atoms with Gasteiger partial charge in [-0.15, -0.1) is 0 Å². The zero-order chi connectivity index (χ0) is 19.1. The molecule has 0 atom stereocenters. The van der Waals surface area contributed by atoms with Crippen molar-refractivity contribution in [3.05, 3.63) is 57.6 Å². The Morgan fingerprint density at radius 2 is 2.04 bits per heavy atom. The number of pyridine rings is 1. The average Bonchev–Trinajstić information content (AvgIpc) is 2.83. The molecule has 9 heteroatoms. The van der Waals surface area contributed by atoms with E-state index in [1.54, 1.807) is 6.92 Å². The van der Waals surface area contributed by atoms with E-state index in [0.29, 0.717) is 11.2 Å². The van der Waals surface area contributed by atoms with Crippen molar-refractivity contribution >= 4 is 16.7 Å². The van der Waals surface area contributed by atoms with E-state index in [1.807, 2.05) is 0 Å². The Kier molecular flexibility index (Phi) is 4.31. The van der Waals surface area contributed by atoms with Crippen molar-refractivity contribution in [1.82, 2.24) is 14.8 Å². The number of ketones is 1. The molecule has 0 aliphatic heterocycles. The lowest BCUT2D eigenvalue weighted by Gasteiger charge is -2.11. The third-order valence-corrected chi connectivity index (χ3v) is 3.81. The first-order valence-electron chi connectivity index (χ1n) is 7.56. The molecule has 6 nitrogen and oxygen atoms in total. The fraction of sp³-hybridized carbons (Fsp3) is 0.235. The highest BCUT2D eigenvalue weighted by atomic mass is 19.4. The predicted octanol–water partition coefficient (Wildman–Crippen LogP) is 2.74. The molecule has 0 amide bonds. The lowest BCUT2D eigenvalue weighted by molar-refractivity contribution is -0.153. The van der Waals surface area contributed by atoms with Gasteiger partial charge in [0.25, 0.3) is 5.56 Å². The summed E-state index contributed by atoms with van der Waals surface area (Å²) in [7, 11) is 1.49. The van der Waals surface area contributed by atoms with E-state index in [-0.39, 0.29) is 22.3 Å². The SMILES string of the molecule is Cc1[nH]n(C)c(=O)c1C(=O)c1ccc2nccc(OCC(F)(F)F)c2c1. The van der Waals surface area contributed by atoms with Gasteiger partial charge in [-0.05, 0) is 31.2 Å². The van der Waals surface area contributed by atoms with Crippen LogP contribution in [0.4, 0.5) is 13.2 Å². The number of hydrogen-bond donors (Lipinski definition) is 1. The summed E-state index contributed by atoms with van der Waals surface area (Å²) in [6, 6.07) is 5.64. The molecule has 0 radical (unpaired) electrons. The summed E-state index contributed by atoms with van der Waals surface area (Å²) in [6.07, 6.45) is -3.17. The maximum absolute atomic E-state index is 12.7. The van der Waals surface area contributed by atoms with Crippen LogP contribution in [0, 0.1) is 6.92 Å². The third kappa shape index (κ3) is 3.32. The van der Waals surface area contributed by atoms with Gasteiger partial charge < -0.3 is 4.74 Å². The standard InChI is InChI=1S/C17H14F3N3O3/c1-9-14(16(25)23(2)22-9)15(24)10-3-4-12-11(7-10)13(5-6-21-12)26-8-17(18,19)20/h3-7,22H,8H2,1-2H3. The summed E-state index contributed by atoms with van der Waals surface area (Å²) in [5, 5.41) is 2.99. The van der Waals surface area contributed by atoms with Crippen LogP contribution in [0.25, 0.3) is 10.9 Å². The number of aromatic nitrogens is 3. The number of rotatable bonds is 4. The zero-order valence-electron chi connectivity index (χ0n) is 13.8. The summed E-state index contributed by atoms with van der Waals surface area (Å²) in [5.74, 6) is -0.572. The number of ether oxygens (including phenoxy) is 1. The van der Waals surface area contributed by atoms with Gasteiger partial charge in [-0.2, -0.15) is 13.2 Å². The van der Waals surface area contributed by atoms with Crippen molar-refractivity contribution < 1.29 is 22.7 Å². The number of aromatic amines is 1. The number of halogens is 3. The molecule has 3 rings (SSSR count). The number of carbonyl (C=O) groups excluding carboxylic acids is 1. The second kappa shape index (κ2) is 6.32. The fourth-order valence-electron chi connectivity index (χ4n) is 2.65. The molecule has 0 aliphatic carbocycles. The minimum absolute atomic E-state index is 0.0199. The summed E-state index contributed by atoms with van der Waals surface area (Å²) < 4.78 is 43.3. The van der Waals surface area contributed by atoms with Gasteiger partial charge in [0.15, 0.2) is 12.4 Å². The van der Waals surface area contributed by atoms with Crippen LogP contribution in [-0.2, 0) is 7.05 Å². The van der Waals surface area contributed by atoms with Gasteiger partial charge in [0, 0.05) is 29.9 Å². The molecule has 0 unspecified atom stereocenters. The van der Waals surface area contributed by atoms with Gasteiger partial charge in [-0.1, -0.05) is 0 Å². The first-order valence-corrected chi connectivity index (χ1v) is 7.56. The maximum Gasteiger partial charge on any atom is 0.422 e. The van der Waals surface area contributed by atoms with Crippen LogP contribution in [0.5, 0.6) is 5.75 Å². The van der Waals surface area contributed by atoms with Crippen LogP contribution < -0.4 is 10.3 Å². The van der Waals surface area contributed by atoms with Crippen molar-refractivity contribution in [3.63, 3.8) is 0 Å². The number of nitrogens with one attached hydrogen (secondary N) is 1. The Bertz CT molecular complexity index is 1050. The highest BCUT2D eigenvalue weighted by Crippen LogP contribution is 2.27. The molecule has 1 aromatic carbocycles. The topological polar surface area (TPSA) is 77.0 Å². The summed E-state index contributed by atoms with van der Waals surface area (Å²) in [6.45, 7) is 0.136. The Hall–Kier alpha value is -3.10. The van der Waals surface area contributed by atoms with Gasteiger partial charge >= 0.3 is 6.18 Å². The van der Waals surface area contributed by atoms with E-state index in [9.17, 15) is 22.8 Å².